The van der Waals surface area contributed by atoms with Gasteiger partial charge in [-0.15, -0.1) is 0 Å². The van der Waals surface area contributed by atoms with E-state index in [1.165, 1.54) is 12.1 Å². The molecule has 0 aromatic carbocycles. The molecule has 1 aromatic heterocycles. The lowest BCUT2D eigenvalue weighted by Gasteiger charge is -2.33. The van der Waals surface area contributed by atoms with Gasteiger partial charge in [0.15, 0.2) is 0 Å². The van der Waals surface area contributed by atoms with Gasteiger partial charge < -0.3 is 15.2 Å². The van der Waals surface area contributed by atoms with Gasteiger partial charge in [0.2, 0.25) is 0 Å². The number of nitrogens with zero attached hydrogens (tertiary/aromatic N) is 3. The first-order chi connectivity index (χ1) is 7.80. The molecule has 1 aliphatic rings. The third kappa shape index (κ3) is 1.99. The Morgan fingerprint density at radius 2 is 2.25 bits per heavy atom. The van der Waals surface area contributed by atoms with Crippen molar-refractivity contribution in [3.8, 4) is 0 Å². The van der Waals surface area contributed by atoms with Crippen LogP contribution in [0.2, 0.25) is 0 Å². The van der Waals surface area contributed by atoms with Crippen LogP contribution >= 0.6 is 0 Å². The Kier molecular flexibility index (Phi) is 3.61. The molecule has 0 bridgehead atoms. The Morgan fingerprint density at radius 1 is 1.50 bits per heavy atom. The van der Waals surface area contributed by atoms with Gasteiger partial charge in [0.05, 0.1) is 6.54 Å². The summed E-state index contributed by atoms with van der Waals surface area (Å²) in [6, 6.07) is 0.685. The molecule has 0 saturated carbocycles. The van der Waals surface area contributed by atoms with E-state index >= 15 is 0 Å². The average Bonchev–Trinajstić information content (AvgIpc) is 2.73. The molecule has 90 valence electrons. The monoisotopic (exact) mass is 222 g/mol. The van der Waals surface area contributed by atoms with E-state index < -0.39 is 0 Å². The third-order valence-electron chi connectivity index (χ3n) is 3.66. The standard InChI is InChI=1S/C12H22N4/c1-3-15(4-2)10-5-6-16-11(7-10)9-14-12(16)8-13/h9-10H,3-8,13H2,1-2H3. The van der Waals surface area contributed by atoms with E-state index in [0.717, 1.165) is 31.9 Å². The lowest BCUT2D eigenvalue weighted by Crippen LogP contribution is -2.40. The molecule has 0 spiro atoms. The molecule has 2 heterocycles. The zero-order valence-electron chi connectivity index (χ0n) is 10.3. The highest BCUT2D eigenvalue weighted by molar-refractivity contribution is 5.10. The van der Waals surface area contributed by atoms with Crippen LogP contribution in [-0.4, -0.2) is 33.6 Å². The number of aromatic nitrogens is 2. The molecule has 0 radical (unpaired) electrons. The van der Waals surface area contributed by atoms with Gasteiger partial charge in [-0.05, 0) is 19.5 Å². The normalized spacial score (nSPS) is 20.1. The molecule has 1 aromatic rings. The minimum absolute atomic E-state index is 0.552. The fraction of sp³-hybridized carbons (Fsp3) is 0.750. The van der Waals surface area contributed by atoms with Gasteiger partial charge in [-0.1, -0.05) is 13.8 Å². The lowest BCUT2D eigenvalue weighted by atomic mass is 10.0. The van der Waals surface area contributed by atoms with E-state index in [4.69, 9.17) is 5.73 Å². The SMILES string of the molecule is CCN(CC)C1CCn2c(cnc2CN)C1. The fourth-order valence-electron chi connectivity index (χ4n) is 2.73. The predicted octanol–water partition coefficient (Wildman–Crippen LogP) is 0.998. The summed E-state index contributed by atoms with van der Waals surface area (Å²) in [5, 5.41) is 0. The van der Waals surface area contributed by atoms with Crippen molar-refractivity contribution in [1.82, 2.24) is 14.5 Å². The summed E-state index contributed by atoms with van der Waals surface area (Å²) in [5.74, 6) is 1.04. The summed E-state index contributed by atoms with van der Waals surface area (Å²) >= 11 is 0. The van der Waals surface area contributed by atoms with E-state index in [9.17, 15) is 0 Å². The maximum absolute atomic E-state index is 5.67. The third-order valence-corrected chi connectivity index (χ3v) is 3.66. The molecule has 1 atom stereocenters. The second-order valence-electron chi connectivity index (χ2n) is 4.39. The van der Waals surface area contributed by atoms with Crippen LogP contribution < -0.4 is 5.73 Å². The number of likely N-dealkylation sites (N-methyl/N-ethyl adjacent to an activating group) is 1. The number of fused-ring (bicyclic) bond motifs is 1. The number of imidazole rings is 1. The second kappa shape index (κ2) is 4.97. The van der Waals surface area contributed by atoms with Crippen molar-refractivity contribution >= 4 is 0 Å². The van der Waals surface area contributed by atoms with Gasteiger partial charge in [0.25, 0.3) is 0 Å². The zero-order valence-corrected chi connectivity index (χ0v) is 10.3. The van der Waals surface area contributed by atoms with E-state index in [-0.39, 0.29) is 0 Å². The molecule has 1 aliphatic heterocycles. The van der Waals surface area contributed by atoms with Crippen LogP contribution in [0.15, 0.2) is 6.20 Å². The largest absolute Gasteiger partial charge is 0.331 e. The molecule has 0 fully saturated rings. The minimum Gasteiger partial charge on any atom is -0.331 e. The molecule has 4 nitrogen and oxygen atoms in total. The van der Waals surface area contributed by atoms with Crippen molar-refractivity contribution in [3.05, 3.63) is 17.7 Å². The Balaban J connectivity index is 2.12. The van der Waals surface area contributed by atoms with Crippen LogP contribution in [0.3, 0.4) is 0 Å². The average molecular weight is 222 g/mol. The first-order valence-electron chi connectivity index (χ1n) is 6.27. The van der Waals surface area contributed by atoms with Crippen molar-refractivity contribution in [3.63, 3.8) is 0 Å². The van der Waals surface area contributed by atoms with Gasteiger partial charge >= 0.3 is 0 Å². The van der Waals surface area contributed by atoms with Gasteiger partial charge in [-0.2, -0.15) is 0 Å². The summed E-state index contributed by atoms with van der Waals surface area (Å²) < 4.78 is 2.29. The zero-order chi connectivity index (χ0) is 11.5. The van der Waals surface area contributed by atoms with Crippen molar-refractivity contribution in [2.24, 2.45) is 5.73 Å². The highest BCUT2D eigenvalue weighted by Crippen LogP contribution is 2.20. The number of hydrogen-bond donors (Lipinski definition) is 1. The summed E-state index contributed by atoms with van der Waals surface area (Å²) in [5.41, 5.74) is 7.02. The van der Waals surface area contributed by atoms with Crippen molar-refractivity contribution in [2.75, 3.05) is 13.1 Å². The molecular formula is C12H22N4. The first-order valence-corrected chi connectivity index (χ1v) is 6.27. The molecule has 2 N–H and O–H groups in total. The maximum Gasteiger partial charge on any atom is 0.122 e. The van der Waals surface area contributed by atoms with Gasteiger partial charge in [-0.3, -0.25) is 0 Å². The molecule has 0 aliphatic carbocycles. The molecule has 16 heavy (non-hydrogen) atoms. The maximum atomic E-state index is 5.67. The highest BCUT2D eigenvalue weighted by atomic mass is 15.2. The van der Waals surface area contributed by atoms with Crippen LogP contribution in [0, 0.1) is 0 Å². The lowest BCUT2D eigenvalue weighted by molar-refractivity contribution is 0.183. The molecule has 0 amide bonds. The van der Waals surface area contributed by atoms with Gasteiger partial charge in [-0.25, -0.2) is 4.98 Å². The number of hydrogen-bond acceptors (Lipinski definition) is 3. The first kappa shape index (κ1) is 11.6. The summed E-state index contributed by atoms with van der Waals surface area (Å²) in [7, 11) is 0. The van der Waals surface area contributed by atoms with Crippen LogP contribution in [0.4, 0.5) is 0 Å². The quantitative estimate of drug-likeness (QED) is 0.826. The summed E-state index contributed by atoms with van der Waals surface area (Å²) in [6.07, 6.45) is 4.34. The van der Waals surface area contributed by atoms with Crippen LogP contribution in [0.5, 0.6) is 0 Å². The Hall–Kier alpha value is -0.870. The van der Waals surface area contributed by atoms with E-state index in [0.29, 0.717) is 12.6 Å². The van der Waals surface area contributed by atoms with E-state index in [1.54, 1.807) is 0 Å². The Bertz CT molecular complexity index is 341. The van der Waals surface area contributed by atoms with Gasteiger partial charge in [0.1, 0.15) is 5.82 Å². The molecule has 1 unspecified atom stereocenters. The van der Waals surface area contributed by atoms with Gasteiger partial charge in [0, 0.05) is 30.9 Å². The Labute approximate surface area is 97.4 Å². The van der Waals surface area contributed by atoms with Crippen LogP contribution in [-0.2, 0) is 19.5 Å². The second-order valence-corrected chi connectivity index (χ2v) is 4.39. The molecular weight excluding hydrogens is 200 g/mol. The summed E-state index contributed by atoms with van der Waals surface area (Å²) in [6.45, 7) is 8.37. The smallest absolute Gasteiger partial charge is 0.122 e. The van der Waals surface area contributed by atoms with E-state index in [1.807, 2.05) is 6.20 Å². The number of rotatable bonds is 4. The molecule has 2 rings (SSSR count). The Morgan fingerprint density at radius 3 is 2.88 bits per heavy atom. The van der Waals surface area contributed by atoms with Crippen LogP contribution in [0.25, 0.3) is 0 Å². The topological polar surface area (TPSA) is 47.1 Å². The summed E-state index contributed by atoms with van der Waals surface area (Å²) in [4.78, 5) is 6.92. The van der Waals surface area contributed by atoms with Crippen molar-refractivity contribution < 1.29 is 0 Å². The molecule has 0 saturated heterocycles. The number of nitrogens with two attached hydrogens (primary N) is 1. The highest BCUT2D eigenvalue weighted by Gasteiger charge is 2.24. The molecule has 4 heteroatoms. The van der Waals surface area contributed by atoms with Crippen LogP contribution in [0.1, 0.15) is 31.8 Å². The minimum atomic E-state index is 0.552. The fourth-order valence-corrected chi connectivity index (χ4v) is 2.73. The predicted molar refractivity (Wildman–Crippen MR) is 65.1 cm³/mol. The van der Waals surface area contributed by atoms with Crippen molar-refractivity contribution in [2.45, 2.75) is 45.8 Å². The van der Waals surface area contributed by atoms with Crippen molar-refractivity contribution in [1.29, 1.82) is 0 Å². The van der Waals surface area contributed by atoms with E-state index in [2.05, 4.69) is 28.3 Å².